The van der Waals surface area contributed by atoms with Crippen molar-refractivity contribution in [3.05, 3.63) is 80.9 Å². The van der Waals surface area contributed by atoms with Gasteiger partial charge >= 0.3 is 0 Å². The Morgan fingerprint density at radius 2 is 2.10 bits per heavy atom. The van der Waals surface area contributed by atoms with Crippen molar-refractivity contribution in [1.29, 1.82) is 0 Å². The average molecular weight is 435 g/mol. The third-order valence-corrected chi connectivity index (χ3v) is 6.96. The number of H-pyrrole nitrogens is 1. The van der Waals surface area contributed by atoms with Crippen LogP contribution in [0.1, 0.15) is 57.8 Å². The van der Waals surface area contributed by atoms with Crippen molar-refractivity contribution < 1.29 is 9.21 Å². The van der Waals surface area contributed by atoms with Crippen molar-refractivity contribution in [1.82, 2.24) is 19.9 Å². The largest absolute Gasteiger partial charge is 0.443 e. The number of benzene rings is 1. The van der Waals surface area contributed by atoms with E-state index < -0.39 is 0 Å². The quantitative estimate of drug-likeness (QED) is 0.519. The van der Waals surface area contributed by atoms with Gasteiger partial charge in [0.25, 0.3) is 11.5 Å². The molecule has 1 unspecified atom stereocenters. The van der Waals surface area contributed by atoms with Crippen molar-refractivity contribution in [3.63, 3.8) is 0 Å². The Labute approximate surface area is 182 Å². The Kier molecular flexibility index (Phi) is 5.15. The number of aromatic nitrogens is 3. The molecule has 4 heterocycles. The van der Waals surface area contributed by atoms with E-state index >= 15 is 0 Å². The first-order valence-corrected chi connectivity index (χ1v) is 11.2. The maximum Gasteiger partial charge on any atom is 0.264 e. The van der Waals surface area contributed by atoms with E-state index in [-0.39, 0.29) is 17.5 Å². The summed E-state index contributed by atoms with van der Waals surface area (Å²) in [5.74, 6) is 1.27. The number of likely N-dealkylation sites (tertiary alicyclic amines) is 1. The highest BCUT2D eigenvalue weighted by molar-refractivity contribution is 7.20. The smallest absolute Gasteiger partial charge is 0.264 e. The molecule has 1 aliphatic rings. The van der Waals surface area contributed by atoms with Crippen LogP contribution in [0.15, 0.2) is 52.1 Å². The molecule has 1 atom stereocenters. The van der Waals surface area contributed by atoms with Gasteiger partial charge < -0.3 is 14.3 Å². The molecule has 31 heavy (non-hydrogen) atoms. The highest BCUT2D eigenvalue weighted by Gasteiger charge is 2.34. The van der Waals surface area contributed by atoms with E-state index in [0.717, 1.165) is 30.6 Å². The Bertz CT molecular complexity index is 1290. The standard InChI is InChI=1S/C23H22N4O3S/c1-14-18-20(28)25-13-26-22(18)31-19(14)23(29)27-10-6-5-9-17(27)21-24-12-16(30-21)11-15-7-3-2-4-8-15/h2-4,7-8,12-13,17H,5-6,9-11H2,1H3,(H,25,26,28). The van der Waals surface area contributed by atoms with Crippen LogP contribution in [0.3, 0.4) is 0 Å². The minimum atomic E-state index is -0.216. The Morgan fingerprint density at radius 1 is 1.26 bits per heavy atom. The fourth-order valence-electron chi connectivity index (χ4n) is 4.20. The first-order valence-electron chi connectivity index (χ1n) is 10.4. The number of carbonyl (C=O) groups is 1. The summed E-state index contributed by atoms with van der Waals surface area (Å²) in [7, 11) is 0. The van der Waals surface area contributed by atoms with Gasteiger partial charge in [-0.15, -0.1) is 11.3 Å². The number of nitrogens with zero attached hydrogens (tertiary/aromatic N) is 3. The van der Waals surface area contributed by atoms with Gasteiger partial charge in [-0.2, -0.15) is 0 Å². The van der Waals surface area contributed by atoms with Crippen molar-refractivity contribution in [2.75, 3.05) is 6.54 Å². The lowest BCUT2D eigenvalue weighted by Gasteiger charge is -2.33. The number of piperidine rings is 1. The van der Waals surface area contributed by atoms with Crippen molar-refractivity contribution in [2.45, 2.75) is 38.6 Å². The number of rotatable bonds is 4. The predicted octanol–water partition coefficient (Wildman–Crippen LogP) is 4.24. The van der Waals surface area contributed by atoms with E-state index in [1.165, 1.54) is 17.7 Å². The number of aromatic amines is 1. The lowest BCUT2D eigenvalue weighted by Crippen LogP contribution is -2.38. The zero-order valence-corrected chi connectivity index (χ0v) is 17.9. The highest BCUT2D eigenvalue weighted by atomic mass is 32.1. The van der Waals surface area contributed by atoms with Gasteiger partial charge in [-0.1, -0.05) is 30.3 Å². The molecule has 3 aromatic heterocycles. The molecule has 0 spiro atoms. The molecule has 5 rings (SSSR count). The molecular weight excluding hydrogens is 412 g/mol. The van der Waals surface area contributed by atoms with Crippen molar-refractivity contribution in [2.24, 2.45) is 0 Å². The van der Waals surface area contributed by atoms with Gasteiger partial charge in [0.15, 0.2) is 0 Å². The molecule has 1 fully saturated rings. The third kappa shape index (κ3) is 3.67. The minimum absolute atomic E-state index is 0.0904. The molecule has 0 saturated carbocycles. The highest BCUT2D eigenvalue weighted by Crippen LogP contribution is 2.35. The number of hydrogen-bond donors (Lipinski definition) is 1. The third-order valence-electron chi connectivity index (χ3n) is 5.77. The topological polar surface area (TPSA) is 92.1 Å². The van der Waals surface area contributed by atoms with E-state index in [2.05, 4.69) is 27.1 Å². The monoisotopic (exact) mass is 434 g/mol. The van der Waals surface area contributed by atoms with Crippen LogP contribution in [0, 0.1) is 6.92 Å². The maximum absolute atomic E-state index is 13.5. The van der Waals surface area contributed by atoms with Crippen LogP contribution in [0.2, 0.25) is 0 Å². The summed E-state index contributed by atoms with van der Waals surface area (Å²) in [5.41, 5.74) is 1.62. The normalized spacial score (nSPS) is 16.7. The van der Waals surface area contributed by atoms with E-state index in [9.17, 15) is 9.59 Å². The number of thiophene rings is 1. The SMILES string of the molecule is Cc1c(C(=O)N2CCCCC2c2ncc(Cc3ccccc3)o2)sc2nc[nH]c(=O)c12. The first kappa shape index (κ1) is 19.7. The summed E-state index contributed by atoms with van der Waals surface area (Å²) in [5, 5.41) is 0.491. The van der Waals surface area contributed by atoms with Crippen LogP contribution in [-0.2, 0) is 6.42 Å². The molecule has 1 amide bonds. The molecule has 8 heteroatoms. The van der Waals surface area contributed by atoms with E-state index in [1.807, 2.05) is 30.0 Å². The van der Waals surface area contributed by atoms with Crippen molar-refractivity contribution in [3.8, 4) is 0 Å². The minimum Gasteiger partial charge on any atom is -0.443 e. The summed E-state index contributed by atoms with van der Waals surface area (Å²) in [6, 6.07) is 9.89. The Balaban J connectivity index is 1.44. The average Bonchev–Trinajstić information content (AvgIpc) is 3.39. The number of hydrogen-bond acceptors (Lipinski definition) is 6. The van der Waals surface area contributed by atoms with Crippen molar-refractivity contribution >= 4 is 27.5 Å². The summed E-state index contributed by atoms with van der Waals surface area (Å²) in [6.45, 7) is 2.45. The van der Waals surface area contributed by atoms with Gasteiger partial charge in [-0.3, -0.25) is 9.59 Å². The van der Waals surface area contributed by atoms with Crippen LogP contribution in [-0.4, -0.2) is 32.3 Å². The number of nitrogens with one attached hydrogen (secondary N) is 1. The Morgan fingerprint density at radius 3 is 2.90 bits per heavy atom. The summed E-state index contributed by atoms with van der Waals surface area (Å²) in [4.78, 5) is 40.0. The molecule has 1 aliphatic heterocycles. The molecule has 0 aliphatic carbocycles. The Hall–Kier alpha value is -3.26. The van der Waals surface area contributed by atoms with Crippen LogP contribution in [0.25, 0.3) is 10.2 Å². The van der Waals surface area contributed by atoms with Crippen LogP contribution >= 0.6 is 11.3 Å². The molecule has 1 N–H and O–H groups in total. The van der Waals surface area contributed by atoms with E-state index in [1.54, 1.807) is 6.20 Å². The fourth-order valence-corrected chi connectivity index (χ4v) is 5.31. The second-order valence-electron chi connectivity index (χ2n) is 7.81. The second kappa shape index (κ2) is 8.11. The number of aryl methyl sites for hydroxylation is 1. The zero-order chi connectivity index (χ0) is 21.4. The molecular formula is C23H22N4O3S. The molecule has 0 bridgehead atoms. The summed E-state index contributed by atoms with van der Waals surface area (Å²) in [6.07, 6.45) is 6.55. The first-order chi connectivity index (χ1) is 15.1. The van der Waals surface area contributed by atoms with Gasteiger partial charge in [0.1, 0.15) is 16.6 Å². The molecule has 4 aromatic rings. The second-order valence-corrected chi connectivity index (χ2v) is 8.80. The van der Waals surface area contributed by atoms with E-state index in [4.69, 9.17) is 4.42 Å². The van der Waals surface area contributed by atoms with Crippen LogP contribution in [0.4, 0.5) is 0 Å². The summed E-state index contributed by atoms with van der Waals surface area (Å²) >= 11 is 1.27. The zero-order valence-electron chi connectivity index (χ0n) is 17.1. The van der Waals surface area contributed by atoms with Gasteiger partial charge in [-0.05, 0) is 37.3 Å². The molecule has 7 nitrogen and oxygen atoms in total. The van der Waals surface area contributed by atoms with Gasteiger partial charge in [0.2, 0.25) is 5.89 Å². The van der Waals surface area contributed by atoms with Gasteiger partial charge in [0.05, 0.1) is 22.8 Å². The summed E-state index contributed by atoms with van der Waals surface area (Å²) < 4.78 is 6.08. The van der Waals surface area contributed by atoms with Crippen LogP contribution in [0.5, 0.6) is 0 Å². The van der Waals surface area contributed by atoms with Crippen LogP contribution < -0.4 is 5.56 Å². The fraction of sp³-hybridized carbons (Fsp3) is 0.304. The number of amides is 1. The molecule has 158 valence electrons. The predicted molar refractivity (Wildman–Crippen MR) is 118 cm³/mol. The molecule has 0 radical (unpaired) electrons. The lowest BCUT2D eigenvalue weighted by molar-refractivity contribution is 0.0574. The lowest BCUT2D eigenvalue weighted by atomic mass is 10.0. The van der Waals surface area contributed by atoms with Gasteiger partial charge in [0, 0.05) is 13.0 Å². The van der Waals surface area contributed by atoms with Gasteiger partial charge in [-0.25, -0.2) is 9.97 Å². The molecule has 1 saturated heterocycles. The molecule has 1 aromatic carbocycles. The van der Waals surface area contributed by atoms with E-state index in [0.29, 0.717) is 39.5 Å². The maximum atomic E-state index is 13.5. The number of fused-ring (bicyclic) bond motifs is 1. The number of carbonyl (C=O) groups excluding carboxylic acids is 1. The number of oxazole rings is 1.